The lowest BCUT2D eigenvalue weighted by molar-refractivity contribution is -0.176. The third-order valence-electron chi connectivity index (χ3n) is 9.24. The number of esters is 1. The summed E-state index contributed by atoms with van der Waals surface area (Å²) in [7, 11) is 0. The van der Waals surface area contributed by atoms with Crippen molar-refractivity contribution in [1.29, 1.82) is 0 Å². The monoisotopic (exact) mass is 738 g/mol. The second-order valence-electron chi connectivity index (χ2n) is 13.8. The number of ether oxygens (including phenoxy) is 5. The van der Waals surface area contributed by atoms with Gasteiger partial charge in [0.05, 0.1) is 41.0 Å². The molecule has 11 nitrogen and oxygen atoms in total. The van der Waals surface area contributed by atoms with Crippen LogP contribution in [0, 0.1) is 0 Å². The van der Waals surface area contributed by atoms with Crippen molar-refractivity contribution in [3.05, 3.63) is 77.4 Å². The summed E-state index contributed by atoms with van der Waals surface area (Å²) in [6, 6.07) is 14.6. The first kappa shape index (κ1) is 37.6. The fourth-order valence-electron chi connectivity index (χ4n) is 7.15. The lowest BCUT2D eigenvalue weighted by atomic mass is 9.87. The average Bonchev–Trinajstić information content (AvgIpc) is 3.72. The predicted molar refractivity (Wildman–Crippen MR) is 195 cm³/mol. The predicted octanol–water partition coefficient (Wildman–Crippen LogP) is 5.38. The number of hydrogen-bond acceptors (Lipinski definition) is 11. The molecule has 0 aliphatic carbocycles. The molecule has 13 heteroatoms. The minimum atomic E-state index is -0.975. The van der Waals surface area contributed by atoms with E-state index in [1.54, 1.807) is 31.2 Å². The molecule has 0 spiro atoms. The molecule has 5 aliphatic heterocycles. The maximum Gasteiger partial charge on any atom is 0.302 e. The lowest BCUT2D eigenvalue weighted by Crippen LogP contribution is -2.76. The highest BCUT2D eigenvalue weighted by atomic mass is 32.2. The Hall–Kier alpha value is -3.20. The van der Waals surface area contributed by atoms with Gasteiger partial charge in [-0.1, -0.05) is 54.6 Å². The number of likely N-dealkylation sites (tertiary alicyclic amines) is 1. The highest BCUT2D eigenvalue weighted by molar-refractivity contribution is 8.17. The van der Waals surface area contributed by atoms with Crippen molar-refractivity contribution in [2.75, 3.05) is 24.7 Å². The normalized spacial score (nSPS) is 29.1. The van der Waals surface area contributed by atoms with Gasteiger partial charge in [-0.2, -0.15) is 0 Å². The average molecular weight is 739 g/mol. The van der Waals surface area contributed by atoms with Crippen molar-refractivity contribution < 1.29 is 42.9 Å². The first-order valence-electron chi connectivity index (χ1n) is 17.4. The number of carbonyl (C=O) groups is 4. The number of β-lactam (4-membered cyclic amide) rings is 1. The van der Waals surface area contributed by atoms with Gasteiger partial charge in [-0.15, -0.1) is 23.5 Å². The molecule has 5 heterocycles. The van der Waals surface area contributed by atoms with Crippen LogP contribution in [0.5, 0.6) is 0 Å². The molecule has 274 valence electrons. The summed E-state index contributed by atoms with van der Waals surface area (Å²) in [6.07, 6.45) is 3.55. The smallest absolute Gasteiger partial charge is 0.302 e. The summed E-state index contributed by atoms with van der Waals surface area (Å²) < 4.78 is 29.8. The summed E-state index contributed by atoms with van der Waals surface area (Å²) in [4.78, 5) is 54.6. The Kier molecular flexibility index (Phi) is 11.4. The fraction of sp³-hybridized carbons (Fsp3) is 0.526. The van der Waals surface area contributed by atoms with Crippen LogP contribution < -0.4 is 0 Å². The molecule has 5 aliphatic rings. The van der Waals surface area contributed by atoms with Crippen molar-refractivity contribution in [2.45, 2.75) is 101 Å². The maximum absolute atomic E-state index is 14.5. The number of fused-ring (bicyclic) bond motifs is 1. The minimum Gasteiger partial charge on any atom is -0.466 e. The molecule has 2 aromatic rings. The number of carbonyl (C=O) groups excluding carboxylic acids is 4. The Morgan fingerprint density at radius 1 is 0.922 bits per heavy atom. The van der Waals surface area contributed by atoms with Gasteiger partial charge >= 0.3 is 5.97 Å². The van der Waals surface area contributed by atoms with E-state index in [-0.39, 0.29) is 16.5 Å². The van der Waals surface area contributed by atoms with Gasteiger partial charge in [-0.05, 0) is 70.2 Å². The highest BCUT2D eigenvalue weighted by Crippen LogP contribution is 2.47. The van der Waals surface area contributed by atoms with Gasteiger partial charge < -0.3 is 28.6 Å². The van der Waals surface area contributed by atoms with Crippen LogP contribution in [0.3, 0.4) is 0 Å². The van der Waals surface area contributed by atoms with E-state index in [0.29, 0.717) is 24.3 Å². The van der Waals surface area contributed by atoms with E-state index < -0.39 is 59.8 Å². The molecule has 0 saturated carbocycles. The molecule has 0 aromatic heterocycles. The van der Waals surface area contributed by atoms with E-state index in [4.69, 9.17) is 18.9 Å². The Labute approximate surface area is 307 Å². The SMILES string of the molecule is CC1(C)O[C@H]([C@H]2COC(C)(C)O2)[C@@H]([C@H](C2SCCCS2)N2C(=O)[C@@H](N3C(=O)c4ccccc4C3=O)[C@H]2/C=C/c2ccccc2)O1.CCOC(C)=O. The van der Waals surface area contributed by atoms with Crippen molar-refractivity contribution in [1.82, 2.24) is 9.80 Å². The molecule has 3 amide bonds. The highest BCUT2D eigenvalue weighted by Gasteiger charge is 2.63. The van der Waals surface area contributed by atoms with Crippen molar-refractivity contribution in [3.8, 4) is 0 Å². The van der Waals surface area contributed by atoms with Gasteiger partial charge in [-0.3, -0.25) is 24.1 Å². The molecule has 4 saturated heterocycles. The summed E-state index contributed by atoms with van der Waals surface area (Å²) in [5.74, 6) is -1.14. The van der Waals surface area contributed by atoms with Crippen LogP contribution in [-0.4, -0.2) is 111 Å². The van der Waals surface area contributed by atoms with Crippen molar-refractivity contribution >= 4 is 53.3 Å². The van der Waals surface area contributed by atoms with E-state index in [1.807, 2.05) is 98.6 Å². The first-order chi connectivity index (χ1) is 24.3. The summed E-state index contributed by atoms with van der Waals surface area (Å²) >= 11 is 3.63. The van der Waals surface area contributed by atoms with Crippen molar-refractivity contribution in [2.24, 2.45) is 0 Å². The zero-order valence-corrected chi connectivity index (χ0v) is 31.4. The number of nitrogens with zero attached hydrogens (tertiary/aromatic N) is 2. The Morgan fingerprint density at radius 2 is 1.55 bits per heavy atom. The fourth-order valence-corrected chi connectivity index (χ4v) is 10.4. The molecule has 0 N–H and O–H groups in total. The van der Waals surface area contributed by atoms with Crippen LogP contribution in [0.25, 0.3) is 6.08 Å². The van der Waals surface area contributed by atoms with E-state index in [0.717, 1.165) is 28.4 Å². The van der Waals surface area contributed by atoms with Gasteiger partial charge in [0.1, 0.15) is 24.4 Å². The number of benzene rings is 2. The third-order valence-corrected chi connectivity index (χ3v) is 12.3. The molecule has 0 unspecified atom stereocenters. The summed E-state index contributed by atoms with van der Waals surface area (Å²) in [6.45, 7) is 11.5. The van der Waals surface area contributed by atoms with Gasteiger partial charge in [0.25, 0.3) is 11.8 Å². The number of rotatable bonds is 8. The quantitative estimate of drug-likeness (QED) is 0.197. The first-order valence-corrected chi connectivity index (χ1v) is 19.5. The van der Waals surface area contributed by atoms with Gasteiger partial charge in [-0.25, -0.2) is 0 Å². The Bertz CT molecular complexity index is 1610. The van der Waals surface area contributed by atoms with Crippen LogP contribution in [0.15, 0.2) is 60.7 Å². The Balaban J connectivity index is 0.000000689. The molecule has 7 rings (SSSR count). The lowest BCUT2D eigenvalue weighted by Gasteiger charge is -2.55. The van der Waals surface area contributed by atoms with E-state index in [9.17, 15) is 19.2 Å². The molecule has 0 bridgehead atoms. The van der Waals surface area contributed by atoms with E-state index >= 15 is 0 Å². The van der Waals surface area contributed by atoms with E-state index in [2.05, 4.69) is 4.74 Å². The molecule has 2 aromatic carbocycles. The Morgan fingerprint density at radius 3 is 2.10 bits per heavy atom. The molecule has 51 heavy (non-hydrogen) atoms. The molecular weight excluding hydrogens is 693 g/mol. The molecule has 0 radical (unpaired) electrons. The van der Waals surface area contributed by atoms with Gasteiger partial charge in [0.2, 0.25) is 5.91 Å². The number of amides is 3. The standard InChI is InChI=1S/C34H38N2O7S2.C4H8O2/c1-33(2)40-19-24(41-33)27-28(43-34(3,4)42-27)26(32-44-17-10-18-45-32)35-23(16-15-20-11-6-5-7-12-20)25(31(35)39)36-29(37)21-13-8-9-14-22(21)30(36)38;1-3-6-4(2)5/h5-9,11-16,23-28,32H,10,17-19H2,1-4H3;3H2,1-2H3/b16-15+;/t23-,24-,25+,26-,27-,28-;/m1./s1. The second-order valence-corrected chi connectivity index (χ2v) is 16.6. The van der Waals surface area contributed by atoms with Crippen LogP contribution >= 0.6 is 23.5 Å². The maximum atomic E-state index is 14.5. The van der Waals surface area contributed by atoms with Gasteiger partial charge in [0, 0.05) is 6.92 Å². The largest absolute Gasteiger partial charge is 0.466 e. The van der Waals surface area contributed by atoms with Crippen LogP contribution in [-0.2, 0) is 33.3 Å². The van der Waals surface area contributed by atoms with E-state index in [1.165, 1.54) is 6.92 Å². The molecule has 6 atom stereocenters. The number of imide groups is 1. The van der Waals surface area contributed by atoms with Crippen molar-refractivity contribution in [3.63, 3.8) is 0 Å². The zero-order chi connectivity index (χ0) is 36.5. The minimum absolute atomic E-state index is 0.0150. The number of hydrogen-bond donors (Lipinski definition) is 0. The topological polar surface area (TPSA) is 121 Å². The second kappa shape index (κ2) is 15.4. The van der Waals surface area contributed by atoms with Crippen LogP contribution in [0.4, 0.5) is 0 Å². The van der Waals surface area contributed by atoms with Gasteiger partial charge in [0.15, 0.2) is 11.6 Å². The third kappa shape index (κ3) is 7.93. The summed E-state index contributed by atoms with van der Waals surface area (Å²) in [5.41, 5.74) is 1.60. The zero-order valence-electron chi connectivity index (χ0n) is 29.8. The molecular formula is C38H46N2O9S2. The van der Waals surface area contributed by atoms with Crippen LogP contribution in [0.2, 0.25) is 0 Å². The molecule has 4 fully saturated rings. The number of thioether (sulfide) groups is 2. The van der Waals surface area contributed by atoms with Crippen LogP contribution in [0.1, 0.15) is 74.2 Å². The summed E-state index contributed by atoms with van der Waals surface area (Å²) in [5, 5.41) is 0.